The average Bonchev–Trinajstić information content (AvgIpc) is 2.99. The minimum atomic E-state index is -0.221. The van der Waals surface area contributed by atoms with E-state index in [-0.39, 0.29) is 30.1 Å². The number of benzene rings is 1. The number of piperazine rings is 1. The highest BCUT2D eigenvalue weighted by Gasteiger charge is 2.34. The number of rotatable bonds is 6. The quantitative estimate of drug-likeness (QED) is 0.765. The summed E-state index contributed by atoms with van der Waals surface area (Å²) >= 11 is 0. The average molecular weight is 381 g/mol. The SMILES string of the molecule is Cc1ccc(CN2CC(C(=O)NCCN3CCNCC3)CC2=O)cc1.Cl. The highest BCUT2D eigenvalue weighted by molar-refractivity contribution is 5.89. The van der Waals surface area contributed by atoms with Crippen molar-refractivity contribution in [3.05, 3.63) is 35.4 Å². The standard InChI is InChI=1S/C19H28N4O2.ClH/c1-15-2-4-16(5-3-15)13-23-14-17(12-18(23)24)19(25)21-8-11-22-9-6-20-7-10-22;/h2-5,17,20H,6-14H2,1H3,(H,21,25);1H. The van der Waals surface area contributed by atoms with E-state index in [2.05, 4.69) is 27.7 Å². The fourth-order valence-electron chi connectivity index (χ4n) is 3.43. The van der Waals surface area contributed by atoms with Gasteiger partial charge in [0.05, 0.1) is 5.92 Å². The molecule has 2 fully saturated rings. The molecular formula is C19H29ClN4O2. The lowest BCUT2D eigenvalue weighted by atomic mass is 10.1. The van der Waals surface area contributed by atoms with Gasteiger partial charge in [0.2, 0.25) is 11.8 Å². The largest absolute Gasteiger partial charge is 0.355 e. The molecule has 6 nitrogen and oxygen atoms in total. The summed E-state index contributed by atoms with van der Waals surface area (Å²) in [7, 11) is 0. The number of carbonyl (C=O) groups excluding carboxylic acids is 2. The molecule has 2 aliphatic rings. The van der Waals surface area contributed by atoms with Crippen molar-refractivity contribution < 1.29 is 9.59 Å². The molecule has 1 unspecified atom stereocenters. The van der Waals surface area contributed by atoms with Gasteiger partial charge in [-0.15, -0.1) is 12.4 Å². The molecule has 0 radical (unpaired) electrons. The van der Waals surface area contributed by atoms with E-state index in [0.29, 0.717) is 26.1 Å². The summed E-state index contributed by atoms with van der Waals surface area (Å²) in [5.74, 6) is -0.140. The molecule has 2 saturated heterocycles. The molecule has 0 bridgehead atoms. The minimum absolute atomic E-state index is 0. The molecule has 1 atom stereocenters. The first-order chi connectivity index (χ1) is 12.1. The molecule has 0 spiro atoms. The van der Waals surface area contributed by atoms with Crippen molar-refractivity contribution in [2.24, 2.45) is 5.92 Å². The first-order valence-electron chi connectivity index (χ1n) is 9.16. The fraction of sp³-hybridized carbons (Fsp3) is 0.579. The molecule has 0 saturated carbocycles. The van der Waals surface area contributed by atoms with Gasteiger partial charge in [-0.2, -0.15) is 0 Å². The van der Waals surface area contributed by atoms with Crippen LogP contribution in [-0.2, 0) is 16.1 Å². The van der Waals surface area contributed by atoms with E-state index >= 15 is 0 Å². The Morgan fingerprint density at radius 1 is 1.23 bits per heavy atom. The van der Waals surface area contributed by atoms with Crippen molar-refractivity contribution in [2.45, 2.75) is 19.9 Å². The van der Waals surface area contributed by atoms with E-state index in [1.165, 1.54) is 5.56 Å². The van der Waals surface area contributed by atoms with Gasteiger partial charge in [-0.1, -0.05) is 29.8 Å². The van der Waals surface area contributed by atoms with Crippen LogP contribution in [0, 0.1) is 12.8 Å². The van der Waals surface area contributed by atoms with Gasteiger partial charge in [0, 0.05) is 58.8 Å². The van der Waals surface area contributed by atoms with Gasteiger partial charge in [-0.3, -0.25) is 14.5 Å². The summed E-state index contributed by atoms with van der Waals surface area (Å²) in [6, 6.07) is 8.19. The van der Waals surface area contributed by atoms with Crippen LogP contribution in [0.15, 0.2) is 24.3 Å². The van der Waals surface area contributed by atoms with Crippen LogP contribution in [0.4, 0.5) is 0 Å². The number of carbonyl (C=O) groups is 2. The summed E-state index contributed by atoms with van der Waals surface area (Å²) in [5.41, 5.74) is 2.32. The summed E-state index contributed by atoms with van der Waals surface area (Å²) in [5, 5.41) is 6.32. The maximum atomic E-state index is 12.4. The number of nitrogens with one attached hydrogen (secondary N) is 2. The Kier molecular flexibility index (Phi) is 7.87. The number of likely N-dealkylation sites (tertiary alicyclic amines) is 1. The maximum Gasteiger partial charge on any atom is 0.225 e. The first kappa shape index (κ1) is 20.7. The second-order valence-electron chi connectivity index (χ2n) is 7.04. The van der Waals surface area contributed by atoms with Crippen LogP contribution in [-0.4, -0.2) is 67.4 Å². The van der Waals surface area contributed by atoms with Gasteiger partial charge in [-0.25, -0.2) is 0 Å². The highest BCUT2D eigenvalue weighted by Crippen LogP contribution is 2.20. The second kappa shape index (κ2) is 9.90. The summed E-state index contributed by atoms with van der Waals surface area (Å²) < 4.78 is 0. The van der Waals surface area contributed by atoms with E-state index in [4.69, 9.17) is 0 Å². The first-order valence-corrected chi connectivity index (χ1v) is 9.16. The number of hydrogen-bond donors (Lipinski definition) is 2. The van der Waals surface area contributed by atoms with Crippen LogP contribution in [0.25, 0.3) is 0 Å². The second-order valence-corrected chi connectivity index (χ2v) is 7.04. The Bertz CT molecular complexity index is 602. The van der Waals surface area contributed by atoms with Gasteiger partial charge in [0.25, 0.3) is 0 Å². The molecule has 3 rings (SSSR count). The van der Waals surface area contributed by atoms with E-state index in [0.717, 1.165) is 38.3 Å². The molecular weight excluding hydrogens is 352 g/mol. The Labute approximate surface area is 161 Å². The van der Waals surface area contributed by atoms with Gasteiger partial charge in [-0.05, 0) is 12.5 Å². The van der Waals surface area contributed by atoms with E-state index < -0.39 is 0 Å². The predicted octanol–water partition coefficient (Wildman–Crippen LogP) is 0.787. The van der Waals surface area contributed by atoms with Crippen LogP contribution in [0.1, 0.15) is 17.5 Å². The molecule has 1 aromatic carbocycles. The predicted molar refractivity (Wildman–Crippen MR) is 104 cm³/mol. The summed E-state index contributed by atoms with van der Waals surface area (Å²) in [6.45, 7) is 8.77. The Morgan fingerprint density at radius 3 is 2.62 bits per heavy atom. The lowest BCUT2D eigenvalue weighted by molar-refractivity contribution is -0.129. The van der Waals surface area contributed by atoms with Crippen LogP contribution >= 0.6 is 12.4 Å². The van der Waals surface area contributed by atoms with Gasteiger partial charge < -0.3 is 15.5 Å². The third kappa shape index (κ3) is 5.69. The number of nitrogens with zero attached hydrogens (tertiary/aromatic N) is 2. The molecule has 26 heavy (non-hydrogen) atoms. The number of halogens is 1. The van der Waals surface area contributed by atoms with Crippen molar-refractivity contribution in [1.82, 2.24) is 20.4 Å². The molecule has 1 aromatic rings. The summed E-state index contributed by atoms with van der Waals surface area (Å²) in [4.78, 5) is 28.7. The zero-order valence-electron chi connectivity index (χ0n) is 15.4. The fourth-order valence-corrected chi connectivity index (χ4v) is 3.43. The third-order valence-corrected chi connectivity index (χ3v) is 5.02. The van der Waals surface area contributed by atoms with E-state index in [1.807, 2.05) is 19.1 Å². The lowest BCUT2D eigenvalue weighted by Gasteiger charge is -2.27. The van der Waals surface area contributed by atoms with Gasteiger partial charge in [0.15, 0.2) is 0 Å². The lowest BCUT2D eigenvalue weighted by Crippen LogP contribution is -2.46. The zero-order valence-corrected chi connectivity index (χ0v) is 16.2. The van der Waals surface area contributed by atoms with Crippen LogP contribution < -0.4 is 10.6 Å². The van der Waals surface area contributed by atoms with Crippen LogP contribution in [0.2, 0.25) is 0 Å². The molecule has 2 N–H and O–H groups in total. The van der Waals surface area contributed by atoms with Gasteiger partial charge >= 0.3 is 0 Å². The highest BCUT2D eigenvalue weighted by atomic mass is 35.5. The number of aryl methyl sites for hydroxylation is 1. The smallest absolute Gasteiger partial charge is 0.225 e. The molecule has 0 aromatic heterocycles. The topological polar surface area (TPSA) is 64.7 Å². The van der Waals surface area contributed by atoms with E-state index in [9.17, 15) is 9.59 Å². The van der Waals surface area contributed by atoms with Crippen molar-refractivity contribution in [3.8, 4) is 0 Å². The summed E-state index contributed by atoms with van der Waals surface area (Å²) in [6.07, 6.45) is 0.325. The van der Waals surface area contributed by atoms with Crippen molar-refractivity contribution >= 4 is 24.2 Å². The Hall–Kier alpha value is -1.63. The van der Waals surface area contributed by atoms with Gasteiger partial charge in [0.1, 0.15) is 0 Å². The molecule has 2 heterocycles. The Morgan fingerprint density at radius 2 is 1.92 bits per heavy atom. The molecule has 2 aliphatic heterocycles. The third-order valence-electron chi connectivity index (χ3n) is 5.02. The van der Waals surface area contributed by atoms with E-state index in [1.54, 1.807) is 4.90 Å². The normalized spacial score (nSPS) is 20.7. The van der Waals surface area contributed by atoms with Crippen molar-refractivity contribution in [3.63, 3.8) is 0 Å². The number of amides is 2. The van der Waals surface area contributed by atoms with Crippen LogP contribution in [0.3, 0.4) is 0 Å². The molecule has 0 aliphatic carbocycles. The van der Waals surface area contributed by atoms with Crippen molar-refractivity contribution in [2.75, 3.05) is 45.8 Å². The van der Waals surface area contributed by atoms with Crippen LogP contribution in [0.5, 0.6) is 0 Å². The molecule has 144 valence electrons. The Balaban J connectivity index is 0.00000243. The molecule has 2 amide bonds. The zero-order chi connectivity index (χ0) is 17.6. The number of hydrogen-bond acceptors (Lipinski definition) is 4. The molecule has 7 heteroatoms. The minimum Gasteiger partial charge on any atom is -0.355 e. The van der Waals surface area contributed by atoms with Crippen molar-refractivity contribution in [1.29, 1.82) is 0 Å². The maximum absolute atomic E-state index is 12.4. The monoisotopic (exact) mass is 380 g/mol.